The number of aliphatic hydroxyl groups is 1. The maximum Gasteiger partial charge on any atom is 0.187 e. The van der Waals surface area contributed by atoms with Crippen LogP contribution in [-0.4, -0.2) is 26.9 Å². The summed E-state index contributed by atoms with van der Waals surface area (Å²) in [7, 11) is 0. The van der Waals surface area contributed by atoms with E-state index >= 15 is 0 Å². The minimum absolute atomic E-state index is 0.203. The van der Waals surface area contributed by atoms with Crippen LogP contribution in [0.5, 0.6) is 0 Å². The standard InChI is InChI=1S/C9H15N3OS/c1-7(2-3-13)14-9-11-5-8(4-10)6-12-9/h5-7,13H,2-4,10H2,1H3. The fourth-order valence-electron chi connectivity index (χ4n) is 0.930. The van der Waals surface area contributed by atoms with Crippen LogP contribution in [-0.2, 0) is 6.54 Å². The van der Waals surface area contributed by atoms with Gasteiger partial charge in [-0.05, 0) is 6.42 Å². The van der Waals surface area contributed by atoms with Gasteiger partial charge in [0, 0.05) is 36.4 Å². The Morgan fingerprint density at radius 1 is 1.50 bits per heavy atom. The predicted molar refractivity (Wildman–Crippen MR) is 56.9 cm³/mol. The van der Waals surface area contributed by atoms with E-state index in [1.165, 1.54) is 0 Å². The third kappa shape index (κ3) is 3.61. The van der Waals surface area contributed by atoms with Gasteiger partial charge in [0.05, 0.1) is 0 Å². The Bertz CT molecular complexity index is 265. The van der Waals surface area contributed by atoms with E-state index in [1.54, 1.807) is 24.2 Å². The van der Waals surface area contributed by atoms with Crippen molar-refractivity contribution in [2.75, 3.05) is 6.61 Å². The van der Waals surface area contributed by atoms with Crippen molar-refractivity contribution >= 4 is 11.8 Å². The molecule has 0 saturated carbocycles. The van der Waals surface area contributed by atoms with Gasteiger partial charge in [0.15, 0.2) is 5.16 Å². The van der Waals surface area contributed by atoms with Gasteiger partial charge in [-0.1, -0.05) is 18.7 Å². The minimum atomic E-state index is 0.203. The third-order valence-electron chi connectivity index (χ3n) is 1.76. The Kier molecular flexibility index (Phi) is 4.86. The van der Waals surface area contributed by atoms with E-state index in [0.29, 0.717) is 11.8 Å². The number of aromatic nitrogens is 2. The van der Waals surface area contributed by atoms with Crippen LogP contribution in [0.1, 0.15) is 18.9 Å². The Hall–Kier alpha value is -0.650. The normalized spacial score (nSPS) is 12.8. The first-order chi connectivity index (χ1) is 6.76. The molecule has 0 radical (unpaired) electrons. The van der Waals surface area contributed by atoms with Crippen LogP contribution >= 0.6 is 11.8 Å². The number of nitrogens with two attached hydrogens (primary N) is 1. The molecule has 0 spiro atoms. The highest BCUT2D eigenvalue weighted by Crippen LogP contribution is 2.20. The molecule has 1 rings (SSSR count). The molecular formula is C9H15N3OS. The topological polar surface area (TPSA) is 72.0 Å². The zero-order chi connectivity index (χ0) is 10.4. The highest BCUT2D eigenvalue weighted by Gasteiger charge is 2.05. The van der Waals surface area contributed by atoms with Crippen LogP contribution < -0.4 is 5.73 Å². The lowest BCUT2D eigenvalue weighted by Crippen LogP contribution is -2.02. The second-order valence-corrected chi connectivity index (χ2v) is 4.42. The number of rotatable bonds is 5. The molecule has 4 nitrogen and oxygen atoms in total. The van der Waals surface area contributed by atoms with Gasteiger partial charge in [0.2, 0.25) is 0 Å². The van der Waals surface area contributed by atoms with Gasteiger partial charge in [0.25, 0.3) is 0 Å². The van der Waals surface area contributed by atoms with Crippen molar-refractivity contribution in [3.05, 3.63) is 18.0 Å². The highest BCUT2D eigenvalue weighted by molar-refractivity contribution is 7.99. The molecule has 0 fully saturated rings. The fraction of sp³-hybridized carbons (Fsp3) is 0.556. The lowest BCUT2D eigenvalue weighted by molar-refractivity contribution is 0.289. The van der Waals surface area contributed by atoms with Crippen LogP contribution in [0.2, 0.25) is 0 Å². The van der Waals surface area contributed by atoms with E-state index in [2.05, 4.69) is 9.97 Å². The van der Waals surface area contributed by atoms with Gasteiger partial charge in [-0.25, -0.2) is 9.97 Å². The molecule has 0 aliphatic heterocycles. The summed E-state index contributed by atoms with van der Waals surface area (Å²) < 4.78 is 0. The Morgan fingerprint density at radius 2 is 2.14 bits per heavy atom. The SMILES string of the molecule is CC(CCO)Sc1ncc(CN)cn1. The van der Waals surface area contributed by atoms with E-state index in [1.807, 2.05) is 6.92 Å². The molecule has 0 aliphatic rings. The lowest BCUT2D eigenvalue weighted by atomic mass is 10.3. The van der Waals surface area contributed by atoms with Crippen molar-refractivity contribution in [3.8, 4) is 0 Å². The van der Waals surface area contributed by atoms with Crippen LogP contribution in [0.4, 0.5) is 0 Å². The molecule has 1 aromatic heterocycles. The zero-order valence-electron chi connectivity index (χ0n) is 8.18. The smallest absolute Gasteiger partial charge is 0.187 e. The first kappa shape index (κ1) is 11.4. The van der Waals surface area contributed by atoms with Gasteiger partial charge in [-0.2, -0.15) is 0 Å². The van der Waals surface area contributed by atoms with Crippen LogP contribution in [0.25, 0.3) is 0 Å². The summed E-state index contributed by atoms with van der Waals surface area (Å²) in [6, 6.07) is 0. The third-order valence-corrected chi connectivity index (χ3v) is 2.82. The van der Waals surface area contributed by atoms with Gasteiger partial charge in [-0.15, -0.1) is 0 Å². The molecule has 1 heterocycles. The maximum absolute atomic E-state index is 8.73. The quantitative estimate of drug-likeness (QED) is 0.559. The summed E-state index contributed by atoms with van der Waals surface area (Å²) in [5.74, 6) is 0. The molecule has 1 unspecified atom stereocenters. The van der Waals surface area contributed by atoms with Crippen LogP contribution in [0.3, 0.4) is 0 Å². The van der Waals surface area contributed by atoms with Crippen molar-refractivity contribution < 1.29 is 5.11 Å². The number of hydrogen-bond acceptors (Lipinski definition) is 5. The van der Waals surface area contributed by atoms with Gasteiger partial charge < -0.3 is 10.8 Å². The zero-order valence-corrected chi connectivity index (χ0v) is 9.00. The summed E-state index contributed by atoms with van der Waals surface area (Å²) in [5.41, 5.74) is 6.36. The first-order valence-corrected chi connectivity index (χ1v) is 5.42. The molecule has 14 heavy (non-hydrogen) atoms. The number of aliphatic hydroxyl groups excluding tert-OH is 1. The first-order valence-electron chi connectivity index (χ1n) is 4.54. The number of hydrogen-bond donors (Lipinski definition) is 2. The maximum atomic E-state index is 8.73. The fourth-order valence-corrected chi connectivity index (χ4v) is 1.74. The van der Waals surface area contributed by atoms with Gasteiger partial charge in [-0.3, -0.25) is 0 Å². The second-order valence-electron chi connectivity index (χ2n) is 3.02. The van der Waals surface area contributed by atoms with Crippen LogP contribution in [0.15, 0.2) is 17.6 Å². The molecule has 0 amide bonds. The van der Waals surface area contributed by atoms with Crippen LogP contribution in [0, 0.1) is 0 Å². The molecule has 78 valence electrons. The predicted octanol–water partition coefficient (Wildman–Crippen LogP) is 0.798. The molecule has 1 atom stereocenters. The minimum Gasteiger partial charge on any atom is -0.396 e. The van der Waals surface area contributed by atoms with Crippen molar-refractivity contribution in [2.24, 2.45) is 5.73 Å². The molecule has 5 heteroatoms. The van der Waals surface area contributed by atoms with E-state index in [0.717, 1.165) is 17.1 Å². The average Bonchev–Trinajstić information content (AvgIpc) is 2.19. The van der Waals surface area contributed by atoms with Gasteiger partial charge >= 0.3 is 0 Å². The van der Waals surface area contributed by atoms with Crippen molar-refractivity contribution in [1.82, 2.24) is 9.97 Å². The van der Waals surface area contributed by atoms with E-state index < -0.39 is 0 Å². The summed E-state index contributed by atoms with van der Waals surface area (Å²) in [6.45, 7) is 2.72. The Labute approximate surface area is 88.0 Å². The Morgan fingerprint density at radius 3 is 2.64 bits per heavy atom. The molecular weight excluding hydrogens is 198 g/mol. The summed E-state index contributed by atoms with van der Waals surface area (Å²) >= 11 is 1.56. The van der Waals surface area contributed by atoms with E-state index in [-0.39, 0.29) is 6.61 Å². The lowest BCUT2D eigenvalue weighted by Gasteiger charge is -2.07. The number of nitrogens with zero attached hydrogens (tertiary/aromatic N) is 2. The molecule has 3 N–H and O–H groups in total. The molecule has 0 bridgehead atoms. The van der Waals surface area contributed by atoms with Crippen molar-refractivity contribution in [1.29, 1.82) is 0 Å². The van der Waals surface area contributed by atoms with Gasteiger partial charge in [0.1, 0.15) is 0 Å². The summed E-state index contributed by atoms with van der Waals surface area (Å²) in [4.78, 5) is 8.32. The summed E-state index contributed by atoms with van der Waals surface area (Å²) in [5, 5.41) is 9.80. The summed E-state index contributed by atoms with van der Waals surface area (Å²) in [6.07, 6.45) is 4.23. The van der Waals surface area contributed by atoms with Crippen molar-refractivity contribution in [3.63, 3.8) is 0 Å². The largest absolute Gasteiger partial charge is 0.396 e. The van der Waals surface area contributed by atoms with E-state index in [4.69, 9.17) is 10.8 Å². The van der Waals surface area contributed by atoms with Crippen molar-refractivity contribution in [2.45, 2.75) is 30.3 Å². The average molecular weight is 213 g/mol. The molecule has 0 aromatic carbocycles. The molecule has 1 aromatic rings. The second kappa shape index (κ2) is 5.95. The molecule has 0 aliphatic carbocycles. The highest BCUT2D eigenvalue weighted by atomic mass is 32.2. The monoisotopic (exact) mass is 213 g/mol. The number of thioether (sulfide) groups is 1. The van der Waals surface area contributed by atoms with E-state index in [9.17, 15) is 0 Å². The Balaban J connectivity index is 2.50. The molecule has 0 saturated heterocycles.